The molecule has 1 aromatic heterocycles. The quantitative estimate of drug-likeness (QED) is 0.548. The predicted octanol–water partition coefficient (Wildman–Crippen LogP) is 5.51. The van der Waals surface area contributed by atoms with Gasteiger partial charge in [0.2, 0.25) is 0 Å². The monoisotopic (exact) mass is 441 g/mol. The molecule has 0 spiro atoms. The molecule has 2 aromatic carbocycles. The number of hydrogen-bond donors (Lipinski definition) is 1. The van der Waals surface area contributed by atoms with E-state index in [0.29, 0.717) is 18.2 Å². The number of thiophene rings is 1. The number of amides is 2. The van der Waals surface area contributed by atoms with Gasteiger partial charge in [0.25, 0.3) is 0 Å². The summed E-state index contributed by atoms with van der Waals surface area (Å²) in [5.74, 6) is 0.732. The van der Waals surface area contributed by atoms with Crippen molar-refractivity contribution in [3.8, 4) is 5.75 Å². The van der Waals surface area contributed by atoms with E-state index in [2.05, 4.69) is 33.8 Å². The van der Waals surface area contributed by atoms with E-state index < -0.39 is 0 Å². The third kappa shape index (κ3) is 5.07. The molecule has 0 saturated carbocycles. The second kappa shape index (κ2) is 9.41. The first-order valence-electron chi connectivity index (χ1n) is 9.89. The summed E-state index contributed by atoms with van der Waals surface area (Å²) in [6, 6.07) is 17.3. The van der Waals surface area contributed by atoms with Gasteiger partial charge in [-0.15, -0.1) is 11.3 Å². The van der Waals surface area contributed by atoms with Crippen molar-refractivity contribution in [3.05, 3.63) is 75.4 Å². The number of carbonyl (C=O) groups excluding carboxylic acids is 1. The minimum absolute atomic E-state index is 0.164. The van der Waals surface area contributed by atoms with E-state index in [-0.39, 0.29) is 6.03 Å². The molecule has 1 aliphatic rings. The van der Waals surface area contributed by atoms with Gasteiger partial charge in [-0.2, -0.15) is 0 Å². The van der Waals surface area contributed by atoms with Crippen molar-refractivity contribution < 1.29 is 9.53 Å². The summed E-state index contributed by atoms with van der Waals surface area (Å²) in [5, 5.41) is 5.77. The van der Waals surface area contributed by atoms with Crippen LogP contribution in [-0.4, -0.2) is 37.7 Å². The van der Waals surface area contributed by atoms with Gasteiger partial charge < -0.3 is 19.9 Å². The van der Waals surface area contributed by atoms with Gasteiger partial charge in [0.15, 0.2) is 0 Å². The van der Waals surface area contributed by atoms with Crippen LogP contribution >= 0.6 is 22.9 Å². The Hall–Kier alpha value is -2.70. The third-order valence-electron chi connectivity index (χ3n) is 5.15. The highest BCUT2D eigenvalue weighted by atomic mass is 35.5. The number of ether oxygens (including phenoxy) is 1. The van der Waals surface area contributed by atoms with Gasteiger partial charge in [-0.25, -0.2) is 4.79 Å². The van der Waals surface area contributed by atoms with Gasteiger partial charge in [-0.05, 0) is 72.0 Å². The molecule has 5 nitrogen and oxygen atoms in total. The summed E-state index contributed by atoms with van der Waals surface area (Å²) in [6.45, 7) is 2.85. The average molecular weight is 442 g/mol. The Morgan fingerprint density at radius 2 is 1.93 bits per heavy atom. The summed E-state index contributed by atoms with van der Waals surface area (Å²) in [5.41, 5.74) is 3.38. The lowest BCUT2D eigenvalue weighted by atomic mass is 10.1. The lowest BCUT2D eigenvalue weighted by Gasteiger charge is -2.29. The van der Waals surface area contributed by atoms with Crippen molar-refractivity contribution in [2.24, 2.45) is 0 Å². The molecule has 2 amide bonds. The highest BCUT2D eigenvalue weighted by molar-refractivity contribution is 7.10. The van der Waals surface area contributed by atoms with Crippen LogP contribution in [0.3, 0.4) is 0 Å². The largest absolute Gasteiger partial charge is 0.492 e. The molecule has 2 heterocycles. The third-order valence-corrected chi connectivity index (χ3v) is 6.42. The zero-order chi connectivity index (χ0) is 20.9. The zero-order valence-electron chi connectivity index (χ0n) is 16.8. The number of nitrogens with zero attached hydrogens (tertiary/aromatic N) is 2. The summed E-state index contributed by atoms with van der Waals surface area (Å²) < 4.78 is 5.65. The first-order valence-corrected chi connectivity index (χ1v) is 11.1. The Balaban J connectivity index is 1.25. The molecule has 0 aliphatic carbocycles. The van der Waals surface area contributed by atoms with Crippen LogP contribution in [-0.2, 0) is 13.0 Å². The SMILES string of the molecule is CN(CCOc1ccc(Cl)cc1)C(=O)Nc1ccc(N2CCc3sccc3C2)cc1. The summed E-state index contributed by atoms with van der Waals surface area (Å²) in [4.78, 5) is 17.9. The van der Waals surface area contributed by atoms with Crippen molar-refractivity contribution in [2.75, 3.05) is 37.0 Å². The molecule has 4 rings (SSSR count). The molecule has 0 bridgehead atoms. The second-order valence-electron chi connectivity index (χ2n) is 7.24. The average Bonchev–Trinajstić information content (AvgIpc) is 3.23. The van der Waals surface area contributed by atoms with E-state index in [0.717, 1.165) is 30.9 Å². The first kappa shape index (κ1) is 20.6. The Morgan fingerprint density at radius 3 is 2.70 bits per heavy atom. The van der Waals surface area contributed by atoms with Crippen LogP contribution in [0, 0.1) is 0 Å². The summed E-state index contributed by atoms with van der Waals surface area (Å²) >= 11 is 7.71. The molecule has 0 unspecified atom stereocenters. The lowest BCUT2D eigenvalue weighted by Crippen LogP contribution is -2.34. The number of urea groups is 1. The van der Waals surface area contributed by atoms with Crippen LogP contribution in [0.25, 0.3) is 0 Å². The molecule has 3 aromatic rings. The fourth-order valence-electron chi connectivity index (χ4n) is 3.38. The zero-order valence-corrected chi connectivity index (χ0v) is 18.4. The van der Waals surface area contributed by atoms with Crippen molar-refractivity contribution >= 4 is 40.3 Å². The number of rotatable bonds is 6. The van der Waals surface area contributed by atoms with Crippen LogP contribution in [0.1, 0.15) is 10.4 Å². The number of anilines is 2. The van der Waals surface area contributed by atoms with E-state index in [4.69, 9.17) is 16.3 Å². The first-order chi connectivity index (χ1) is 14.6. The molecule has 1 N–H and O–H groups in total. The number of likely N-dealkylation sites (N-methyl/N-ethyl adjacent to an activating group) is 1. The van der Waals surface area contributed by atoms with Crippen LogP contribution in [0.2, 0.25) is 5.02 Å². The number of nitrogens with one attached hydrogen (secondary N) is 1. The fourth-order valence-corrected chi connectivity index (χ4v) is 4.39. The Kier molecular flexibility index (Phi) is 6.45. The maximum absolute atomic E-state index is 12.4. The molecule has 0 saturated heterocycles. The van der Waals surface area contributed by atoms with Gasteiger partial charge in [0.1, 0.15) is 12.4 Å². The topological polar surface area (TPSA) is 44.8 Å². The van der Waals surface area contributed by atoms with E-state index in [1.165, 1.54) is 16.1 Å². The number of carbonyl (C=O) groups is 1. The van der Waals surface area contributed by atoms with Gasteiger partial charge in [-0.1, -0.05) is 11.6 Å². The number of hydrogen-bond acceptors (Lipinski definition) is 4. The fraction of sp³-hybridized carbons (Fsp3) is 0.261. The number of benzene rings is 2. The number of halogens is 1. The van der Waals surface area contributed by atoms with E-state index >= 15 is 0 Å². The Labute approximate surface area is 185 Å². The molecular weight excluding hydrogens is 418 g/mol. The van der Waals surface area contributed by atoms with Gasteiger partial charge in [-0.3, -0.25) is 0 Å². The Bertz CT molecular complexity index is 988. The van der Waals surface area contributed by atoms with Crippen LogP contribution in [0.4, 0.5) is 16.2 Å². The standard InChI is InChI=1S/C23H24ClN3O2S/c1-26(13-14-29-21-8-2-18(24)3-9-21)23(28)25-19-4-6-20(7-5-19)27-12-10-22-17(16-27)11-15-30-22/h2-9,11,15H,10,12-14,16H2,1H3,(H,25,28). The minimum Gasteiger partial charge on any atom is -0.492 e. The second-order valence-corrected chi connectivity index (χ2v) is 8.68. The highest BCUT2D eigenvalue weighted by Crippen LogP contribution is 2.28. The van der Waals surface area contributed by atoms with Crippen molar-refractivity contribution in [1.82, 2.24) is 4.90 Å². The minimum atomic E-state index is -0.164. The van der Waals surface area contributed by atoms with E-state index in [9.17, 15) is 4.79 Å². The number of fused-ring (bicyclic) bond motifs is 1. The normalized spacial score (nSPS) is 12.9. The molecule has 0 atom stereocenters. The van der Waals surface area contributed by atoms with E-state index in [1.54, 1.807) is 24.1 Å². The van der Waals surface area contributed by atoms with Gasteiger partial charge in [0, 0.05) is 41.4 Å². The molecule has 7 heteroatoms. The van der Waals surface area contributed by atoms with Crippen molar-refractivity contribution in [3.63, 3.8) is 0 Å². The summed E-state index contributed by atoms with van der Waals surface area (Å²) in [7, 11) is 1.75. The lowest BCUT2D eigenvalue weighted by molar-refractivity contribution is 0.207. The van der Waals surface area contributed by atoms with Crippen molar-refractivity contribution in [1.29, 1.82) is 0 Å². The molecular formula is C23H24ClN3O2S. The van der Waals surface area contributed by atoms with Gasteiger partial charge in [0.05, 0.1) is 6.54 Å². The van der Waals surface area contributed by atoms with E-state index in [1.807, 2.05) is 35.6 Å². The van der Waals surface area contributed by atoms with Crippen LogP contribution in [0.5, 0.6) is 5.75 Å². The van der Waals surface area contributed by atoms with Crippen LogP contribution < -0.4 is 15.0 Å². The molecule has 0 radical (unpaired) electrons. The summed E-state index contributed by atoms with van der Waals surface area (Å²) in [6.07, 6.45) is 1.09. The maximum atomic E-state index is 12.4. The molecule has 30 heavy (non-hydrogen) atoms. The maximum Gasteiger partial charge on any atom is 0.321 e. The smallest absolute Gasteiger partial charge is 0.321 e. The molecule has 1 aliphatic heterocycles. The Morgan fingerprint density at radius 1 is 1.17 bits per heavy atom. The van der Waals surface area contributed by atoms with Crippen molar-refractivity contribution in [2.45, 2.75) is 13.0 Å². The molecule has 0 fully saturated rings. The highest BCUT2D eigenvalue weighted by Gasteiger charge is 2.17. The predicted molar refractivity (Wildman–Crippen MR) is 124 cm³/mol. The molecule has 156 valence electrons. The van der Waals surface area contributed by atoms with Crippen LogP contribution in [0.15, 0.2) is 60.0 Å². The van der Waals surface area contributed by atoms with Gasteiger partial charge >= 0.3 is 6.03 Å².